The number of rotatable bonds is 6. The lowest BCUT2D eigenvalue weighted by molar-refractivity contribution is 0.0954. The highest BCUT2D eigenvalue weighted by molar-refractivity contribution is 7.17. The number of halogens is 1. The van der Waals surface area contributed by atoms with Crippen molar-refractivity contribution in [2.75, 3.05) is 6.54 Å². The molecule has 112 valence electrons. The lowest BCUT2D eigenvalue weighted by Gasteiger charge is -2.09. The highest BCUT2D eigenvalue weighted by atomic mass is 35.5. The number of hydrogen-bond acceptors (Lipinski definition) is 5. The van der Waals surface area contributed by atoms with Gasteiger partial charge in [-0.2, -0.15) is 10.2 Å². The Labute approximate surface area is 136 Å². The summed E-state index contributed by atoms with van der Waals surface area (Å²) < 4.78 is 0.898. The van der Waals surface area contributed by atoms with Crippen LogP contribution in [0.4, 0.5) is 0 Å². The van der Waals surface area contributed by atoms with Crippen LogP contribution in [0.25, 0.3) is 10.2 Å². The molecule has 7 heteroatoms. The van der Waals surface area contributed by atoms with Crippen molar-refractivity contribution in [1.82, 2.24) is 10.3 Å². The lowest BCUT2D eigenvalue weighted by atomic mass is 10.0. The number of terminal acetylenes is 1. The van der Waals surface area contributed by atoms with Crippen molar-refractivity contribution in [3.05, 3.63) is 28.2 Å². The van der Waals surface area contributed by atoms with E-state index in [1.807, 2.05) is 6.07 Å². The van der Waals surface area contributed by atoms with E-state index in [-0.39, 0.29) is 11.6 Å². The summed E-state index contributed by atoms with van der Waals surface area (Å²) in [5.74, 6) is 2.44. The molecule has 3 heterocycles. The number of carbonyl (C=O) groups excluding carboxylic acids is 1. The van der Waals surface area contributed by atoms with Crippen LogP contribution in [0.3, 0.4) is 0 Å². The zero-order valence-electron chi connectivity index (χ0n) is 11.7. The molecule has 2 aromatic rings. The van der Waals surface area contributed by atoms with Crippen LogP contribution in [0.5, 0.6) is 0 Å². The molecule has 2 aromatic heterocycles. The number of thiophene rings is 1. The van der Waals surface area contributed by atoms with E-state index in [0.717, 1.165) is 11.1 Å². The first kappa shape index (κ1) is 14.9. The summed E-state index contributed by atoms with van der Waals surface area (Å²) in [6.07, 6.45) is 8.84. The van der Waals surface area contributed by atoms with Gasteiger partial charge in [0.15, 0.2) is 5.66 Å². The van der Waals surface area contributed by atoms with Gasteiger partial charge in [0.2, 0.25) is 0 Å². The monoisotopic (exact) mass is 332 g/mol. The Morgan fingerprint density at radius 3 is 3.00 bits per heavy atom. The van der Waals surface area contributed by atoms with Crippen molar-refractivity contribution < 1.29 is 4.79 Å². The maximum atomic E-state index is 12.3. The fraction of sp³-hybridized carbons (Fsp3) is 0.333. The molecule has 1 N–H and O–H groups in total. The number of pyridine rings is 1. The number of nitrogens with one attached hydrogen (secondary N) is 1. The molecule has 1 aliphatic rings. The molecule has 0 bridgehead atoms. The Kier molecular flexibility index (Phi) is 4.10. The molecule has 0 saturated heterocycles. The van der Waals surface area contributed by atoms with Gasteiger partial charge in [0, 0.05) is 37.4 Å². The molecule has 0 radical (unpaired) electrons. The van der Waals surface area contributed by atoms with Crippen molar-refractivity contribution in [2.45, 2.75) is 24.9 Å². The second-order valence-electron chi connectivity index (χ2n) is 5.04. The molecule has 5 nitrogen and oxygen atoms in total. The van der Waals surface area contributed by atoms with Crippen molar-refractivity contribution >= 4 is 39.1 Å². The molecule has 22 heavy (non-hydrogen) atoms. The van der Waals surface area contributed by atoms with Crippen LogP contribution in [-0.2, 0) is 0 Å². The van der Waals surface area contributed by atoms with Gasteiger partial charge in [0.05, 0.1) is 20.8 Å². The fourth-order valence-corrected chi connectivity index (χ4v) is 3.35. The van der Waals surface area contributed by atoms with Crippen LogP contribution in [-0.4, -0.2) is 23.1 Å². The zero-order chi connectivity index (χ0) is 15.6. The first-order chi connectivity index (χ1) is 10.6. The maximum Gasteiger partial charge on any atom is 0.254 e. The predicted octanol–water partition coefficient (Wildman–Crippen LogP) is 3.65. The molecule has 0 aliphatic carbocycles. The smallest absolute Gasteiger partial charge is 0.254 e. The van der Waals surface area contributed by atoms with Crippen molar-refractivity contribution in [1.29, 1.82) is 0 Å². The van der Waals surface area contributed by atoms with E-state index in [2.05, 4.69) is 26.4 Å². The third-order valence-electron chi connectivity index (χ3n) is 3.49. The molecule has 0 aromatic carbocycles. The summed E-state index contributed by atoms with van der Waals surface area (Å²) in [5, 5.41) is 13.3. The summed E-state index contributed by atoms with van der Waals surface area (Å²) in [7, 11) is 0. The molecule has 3 rings (SSSR count). The quantitative estimate of drug-likeness (QED) is 0.820. The van der Waals surface area contributed by atoms with Gasteiger partial charge in [-0.05, 0) is 6.07 Å². The summed E-state index contributed by atoms with van der Waals surface area (Å²) in [6.45, 7) is 0.501. The second-order valence-corrected chi connectivity index (χ2v) is 6.39. The highest BCUT2D eigenvalue weighted by Gasteiger charge is 2.38. The van der Waals surface area contributed by atoms with Gasteiger partial charge in [-0.15, -0.1) is 23.7 Å². The molecule has 0 spiro atoms. The first-order valence-electron chi connectivity index (χ1n) is 6.82. The number of hydrogen-bond donors (Lipinski definition) is 1. The van der Waals surface area contributed by atoms with Gasteiger partial charge >= 0.3 is 0 Å². The third kappa shape index (κ3) is 3.11. The summed E-state index contributed by atoms with van der Waals surface area (Å²) in [5.41, 5.74) is 0.871. The zero-order valence-corrected chi connectivity index (χ0v) is 13.2. The van der Waals surface area contributed by atoms with E-state index in [4.69, 9.17) is 18.0 Å². The number of carbonyl (C=O) groups is 1. The highest BCUT2D eigenvalue weighted by Crippen LogP contribution is 2.36. The van der Waals surface area contributed by atoms with Gasteiger partial charge < -0.3 is 5.32 Å². The SMILES string of the molecule is C#CCCC1(CCNC(=O)c2csc3cc(Cl)cnc23)N=N1. The molecule has 1 amide bonds. The molecule has 1 aliphatic heterocycles. The normalized spacial score (nSPS) is 14.7. The minimum absolute atomic E-state index is 0.145. The molecule has 0 unspecified atom stereocenters. The lowest BCUT2D eigenvalue weighted by Crippen LogP contribution is -2.28. The Morgan fingerprint density at radius 1 is 1.45 bits per heavy atom. The van der Waals surface area contributed by atoms with Gasteiger partial charge in [-0.25, -0.2) is 0 Å². The Balaban J connectivity index is 1.59. The Bertz CT molecular complexity index is 786. The van der Waals surface area contributed by atoms with Crippen LogP contribution < -0.4 is 5.32 Å². The van der Waals surface area contributed by atoms with E-state index in [1.165, 1.54) is 11.3 Å². The number of nitrogens with zero attached hydrogens (tertiary/aromatic N) is 3. The molecular formula is C15H13ClN4OS. The van der Waals surface area contributed by atoms with Gasteiger partial charge in [-0.3, -0.25) is 9.78 Å². The molecule has 0 saturated carbocycles. The van der Waals surface area contributed by atoms with Gasteiger partial charge in [0.1, 0.15) is 0 Å². The van der Waals surface area contributed by atoms with Crippen LogP contribution in [0.2, 0.25) is 5.02 Å². The average Bonchev–Trinajstić information content (AvgIpc) is 3.15. The summed E-state index contributed by atoms with van der Waals surface area (Å²) >= 11 is 7.35. The number of aromatic nitrogens is 1. The minimum atomic E-state index is -0.373. The van der Waals surface area contributed by atoms with Crippen molar-refractivity contribution in [2.24, 2.45) is 10.2 Å². The number of amides is 1. The largest absolute Gasteiger partial charge is 0.352 e. The molecular weight excluding hydrogens is 320 g/mol. The second kappa shape index (κ2) is 6.03. The van der Waals surface area contributed by atoms with Gasteiger partial charge in [0.25, 0.3) is 5.91 Å². The third-order valence-corrected chi connectivity index (χ3v) is 4.61. The molecule has 0 atom stereocenters. The van der Waals surface area contributed by atoms with Gasteiger partial charge in [-0.1, -0.05) is 11.6 Å². The Morgan fingerprint density at radius 2 is 2.27 bits per heavy atom. The summed E-state index contributed by atoms with van der Waals surface area (Å²) in [4.78, 5) is 16.5. The van der Waals surface area contributed by atoms with E-state index >= 15 is 0 Å². The van der Waals surface area contributed by atoms with Crippen LogP contribution >= 0.6 is 22.9 Å². The summed E-state index contributed by atoms with van der Waals surface area (Å²) in [6, 6.07) is 1.81. The van der Waals surface area contributed by atoms with E-state index in [1.54, 1.807) is 11.6 Å². The van der Waals surface area contributed by atoms with E-state index < -0.39 is 0 Å². The first-order valence-corrected chi connectivity index (χ1v) is 8.08. The Hall–Kier alpha value is -1.97. The average molecular weight is 333 g/mol. The number of fused-ring (bicyclic) bond motifs is 1. The predicted molar refractivity (Wildman–Crippen MR) is 87.2 cm³/mol. The maximum absolute atomic E-state index is 12.3. The topological polar surface area (TPSA) is 66.7 Å². The molecule has 0 fully saturated rings. The van der Waals surface area contributed by atoms with E-state index in [9.17, 15) is 4.79 Å². The standard InChI is InChI=1S/C15H13ClN4OS/c1-2-3-4-15(19-20-15)5-6-17-14(21)11-9-22-12-7-10(16)8-18-13(11)12/h1,7-9H,3-6H2,(H,17,21). The van der Waals surface area contributed by atoms with Crippen LogP contribution in [0, 0.1) is 12.3 Å². The van der Waals surface area contributed by atoms with E-state index in [0.29, 0.717) is 35.5 Å². The van der Waals surface area contributed by atoms with Crippen LogP contribution in [0.15, 0.2) is 27.9 Å². The fourth-order valence-electron chi connectivity index (χ4n) is 2.19. The van der Waals surface area contributed by atoms with Crippen LogP contribution in [0.1, 0.15) is 29.6 Å². The minimum Gasteiger partial charge on any atom is -0.352 e. The van der Waals surface area contributed by atoms with Crippen molar-refractivity contribution in [3.63, 3.8) is 0 Å². The van der Waals surface area contributed by atoms with Crippen molar-refractivity contribution in [3.8, 4) is 12.3 Å².